The number of carbonyl (C=O) groups excluding carboxylic acids is 1. The fourth-order valence-electron chi connectivity index (χ4n) is 11.6. The largest absolute Gasteiger partial charge is 0.462 e. The van der Waals surface area contributed by atoms with Gasteiger partial charge in [0.2, 0.25) is 0 Å². The van der Waals surface area contributed by atoms with Crippen LogP contribution >= 0.6 is 30.1 Å². The van der Waals surface area contributed by atoms with Crippen LogP contribution in [0.4, 0.5) is 26.3 Å². The molecule has 9 nitrogen and oxygen atoms in total. The molecule has 63 heavy (non-hydrogen) atoms. The summed E-state index contributed by atoms with van der Waals surface area (Å²) in [6.45, 7) is 12.9. The lowest BCUT2D eigenvalue weighted by molar-refractivity contribution is -0.374. The summed E-state index contributed by atoms with van der Waals surface area (Å²) in [5, 5.41) is 9.04. The number of halogens is 6. The second-order valence-corrected chi connectivity index (χ2v) is 23.6. The maximum atomic E-state index is 13.3. The average molecular weight is 962 g/mol. The third-order valence-corrected chi connectivity index (χ3v) is 19.5. The molecule has 364 valence electrons. The molecule has 0 aromatic heterocycles. The van der Waals surface area contributed by atoms with Gasteiger partial charge in [-0.2, -0.15) is 31.6 Å². The summed E-state index contributed by atoms with van der Waals surface area (Å²) >= 11 is 0. The first-order valence-corrected chi connectivity index (χ1v) is 27.2. The van der Waals surface area contributed by atoms with Gasteiger partial charge in [0, 0.05) is 49.2 Å². The fourth-order valence-corrected chi connectivity index (χ4v) is 15.8. The van der Waals surface area contributed by atoms with Crippen molar-refractivity contribution >= 4 is 36.1 Å². The molecule has 0 bridgehead atoms. The molecule has 0 radical (unpaired) electrons. The van der Waals surface area contributed by atoms with Gasteiger partial charge >= 0.3 is 18.3 Å². The van der Waals surface area contributed by atoms with Crippen molar-refractivity contribution < 1.29 is 54.4 Å². The number of carbonyl (C=O) groups is 1. The molecule has 0 aromatic carbocycles. The van der Waals surface area contributed by atoms with Crippen LogP contribution in [-0.2, 0) is 28.1 Å². The maximum Gasteiger partial charge on any atom is 0.426 e. The zero-order valence-electron chi connectivity index (χ0n) is 38.4. The molecule has 0 aromatic rings. The highest BCUT2D eigenvalue weighted by Crippen LogP contribution is 2.63. The molecule has 18 heteroatoms. The Bertz CT molecular complexity index is 1440. The first kappa shape index (κ1) is 53.4. The highest BCUT2D eigenvalue weighted by atomic mass is 33.1. The van der Waals surface area contributed by atoms with Gasteiger partial charge in [-0.3, -0.25) is 9.69 Å². The van der Waals surface area contributed by atoms with E-state index in [0.29, 0.717) is 61.7 Å². The smallest absolute Gasteiger partial charge is 0.426 e. The highest BCUT2D eigenvalue weighted by molar-refractivity contribution is 8.76. The minimum absolute atomic E-state index is 0.0379. The topological polar surface area (TPSA) is 93.5 Å². The molecule has 1 heterocycles. The van der Waals surface area contributed by atoms with E-state index in [9.17, 15) is 31.1 Å². The van der Waals surface area contributed by atoms with Gasteiger partial charge < -0.3 is 23.3 Å². The number of hydrogen-bond acceptors (Lipinski definition) is 11. The molecule has 4 saturated carbocycles. The Morgan fingerprint density at radius 3 is 2.19 bits per heavy atom. The zero-order chi connectivity index (χ0) is 46.0. The van der Waals surface area contributed by atoms with E-state index >= 15 is 0 Å². The molecule has 5 rings (SSSR count). The summed E-state index contributed by atoms with van der Waals surface area (Å²) in [5.41, 5.74) is -4.27. The van der Waals surface area contributed by atoms with Crippen LogP contribution in [-0.4, -0.2) is 115 Å². The van der Waals surface area contributed by atoms with E-state index in [2.05, 4.69) is 55.0 Å². The van der Waals surface area contributed by atoms with Gasteiger partial charge in [0.1, 0.15) is 6.10 Å². The van der Waals surface area contributed by atoms with E-state index in [0.717, 1.165) is 102 Å². The highest BCUT2D eigenvalue weighted by Gasteiger charge is 2.69. The summed E-state index contributed by atoms with van der Waals surface area (Å²) in [4.78, 5) is 15.8. The van der Waals surface area contributed by atoms with Crippen molar-refractivity contribution in [2.75, 3.05) is 51.0 Å². The van der Waals surface area contributed by atoms with Crippen molar-refractivity contribution in [3.05, 3.63) is 0 Å². The third-order valence-electron chi connectivity index (χ3n) is 14.9. The Hall–Kier alpha value is -0.570. The fraction of sp³-hybridized carbons (Fsp3) is 0.956. The van der Waals surface area contributed by atoms with Crippen LogP contribution in [0.5, 0.6) is 0 Å². The molecule has 0 spiro atoms. The Kier molecular flexibility index (Phi) is 20.4. The summed E-state index contributed by atoms with van der Waals surface area (Å²) in [6.07, 6.45) is 1.27. The zero-order valence-corrected chi connectivity index (χ0v) is 40.9. The van der Waals surface area contributed by atoms with Crippen LogP contribution < -0.4 is 0 Å². The summed E-state index contributed by atoms with van der Waals surface area (Å²) < 4.78 is 111. The van der Waals surface area contributed by atoms with Gasteiger partial charge in [-0.25, -0.2) is 4.67 Å². The molecule has 0 amide bonds. The third kappa shape index (κ3) is 13.8. The second-order valence-electron chi connectivity index (χ2n) is 19.5. The molecule has 5 fully saturated rings. The van der Waals surface area contributed by atoms with Crippen molar-refractivity contribution in [1.82, 2.24) is 9.57 Å². The molecule has 1 saturated heterocycles. The quantitative estimate of drug-likeness (QED) is 0.0322. The Morgan fingerprint density at radius 1 is 0.825 bits per heavy atom. The van der Waals surface area contributed by atoms with Crippen molar-refractivity contribution in [2.45, 2.75) is 186 Å². The number of alkyl halides is 6. The monoisotopic (exact) mass is 961 g/mol. The first-order chi connectivity index (χ1) is 29.8. The van der Waals surface area contributed by atoms with Crippen molar-refractivity contribution in [3.63, 3.8) is 0 Å². The van der Waals surface area contributed by atoms with Gasteiger partial charge in [-0.05, 0) is 160 Å². The SMILES string of the molecule is CC(C)N(C(C)C)P(OCCC#N)OCCCN(CCCC(=O)OC1CCC2C(CC[C@@H]3[C@@H]2CC[C@]2(C)[C@@H](OCCCOC(C)(C(F)(F)F)C(F)(F)F)CC[C@@H]32)C1)C1CCSSC1. The summed E-state index contributed by atoms with van der Waals surface area (Å²) in [5.74, 6) is 4.92. The standard InChI is InChI=1S/C45H74F6N3O6PS2/c1-31(2)54(32(3)4)61(58-26-8-21-52)59-27-9-23-53(34-19-28-62-63-30-34)22-7-11-41(55)60-35-13-15-36-33(29-35)12-14-38-37(36)18-20-42(5)39(38)16-17-40(42)56-24-10-25-57-43(6,44(46,47)48)45(49,50)51/h31-40H,7-20,22-30H2,1-6H3/t33?,34?,35?,36?,37-,38-,39+,40+,42+,61?/m1/s1. The minimum Gasteiger partial charge on any atom is -0.462 e. The Labute approximate surface area is 382 Å². The van der Waals surface area contributed by atoms with Gasteiger partial charge in [0.25, 0.3) is 14.1 Å². The first-order valence-electron chi connectivity index (χ1n) is 23.6. The lowest BCUT2D eigenvalue weighted by Crippen LogP contribution is -2.56. The van der Waals surface area contributed by atoms with Crippen LogP contribution in [0.15, 0.2) is 0 Å². The summed E-state index contributed by atoms with van der Waals surface area (Å²) in [7, 11) is 2.58. The van der Waals surface area contributed by atoms with Crippen molar-refractivity contribution in [3.8, 4) is 6.07 Å². The number of fused-ring (bicyclic) bond motifs is 5. The molecule has 5 unspecified atom stereocenters. The number of nitriles is 1. The molecule has 0 N–H and O–H groups in total. The van der Waals surface area contributed by atoms with Gasteiger partial charge in [-0.1, -0.05) is 28.5 Å². The van der Waals surface area contributed by atoms with Gasteiger partial charge in [0.05, 0.1) is 38.4 Å². The lowest BCUT2D eigenvalue weighted by atomic mass is 9.50. The van der Waals surface area contributed by atoms with E-state index in [4.69, 9.17) is 23.8 Å². The molecule has 10 atom stereocenters. The van der Waals surface area contributed by atoms with Crippen molar-refractivity contribution in [1.29, 1.82) is 5.26 Å². The van der Waals surface area contributed by atoms with Crippen molar-refractivity contribution in [2.24, 2.45) is 35.0 Å². The average Bonchev–Trinajstić information content (AvgIpc) is 3.56. The van der Waals surface area contributed by atoms with Crippen LogP contribution in [0.3, 0.4) is 0 Å². The van der Waals surface area contributed by atoms with E-state index in [1.54, 1.807) is 0 Å². The second kappa shape index (κ2) is 24.1. The van der Waals surface area contributed by atoms with Crippen LogP contribution in [0, 0.1) is 46.3 Å². The Balaban J connectivity index is 1.03. The van der Waals surface area contributed by atoms with E-state index < -0.39 is 33.1 Å². The van der Waals surface area contributed by atoms with Gasteiger partial charge in [0.15, 0.2) is 0 Å². The molecular formula is C45H74F6N3O6PS2. The van der Waals surface area contributed by atoms with Crippen LogP contribution in [0.1, 0.15) is 138 Å². The maximum absolute atomic E-state index is 13.3. The van der Waals surface area contributed by atoms with E-state index in [1.165, 1.54) is 0 Å². The molecule has 1 aliphatic heterocycles. The lowest BCUT2D eigenvalue weighted by Gasteiger charge is -2.56. The minimum atomic E-state index is -5.57. The van der Waals surface area contributed by atoms with Gasteiger partial charge in [-0.15, -0.1) is 0 Å². The molecular weight excluding hydrogens is 888 g/mol. The van der Waals surface area contributed by atoms with E-state index in [-0.39, 0.29) is 55.6 Å². The normalized spacial score (nSPS) is 30.9. The molecule has 5 aliphatic rings. The molecule has 4 aliphatic carbocycles. The van der Waals surface area contributed by atoms with Crippen LogP contribution in [0.2, 0.25) is 0 Å². The number of nitrogens with zero attached hydrogens (tertiary/aromatic N) is 3. The predicted octanol–water partition coefficient (Wildman–Crippen LogP) is 12.1. The Morgan fingerprint density at radius 2 is 1.52 bits per heavy atom. The number of esters is 1. The number of ether oxygens (including phenoxy) is 3. The number of hydrogen-bond donors (Lipinski definition) is 0. The van der Waals surface area contributed by atoms with E-state index in [1.807, 2.05) is 21.6 Å². The van der Waals surface area contributed by atoms with Crippen LogP contribution in [0.25, 0.3) is 0 Å². The number of rotatable bonds is 23. The predicted molar refractivity (Wildman–Crippen MR) is 238 cm³/mol. The summed E-state index contributed by atoms with van der Waals surface area (Å²) in [6, 6.07) is 3.13.